The van der Waals surface area contributed by atoms with Crippen LogP contribution in [0, 0.1) is 11.8 Å². The summed E-state index contributed by atoms with van der Waals surface area (Å²) < 4.78 is 24.9. The average Bonchev–Trinajstić information content (AvgIpc) is 2.14. The molecule has 1 saturated carbocycles. The molecule has 1 rings (SSSR count). The van der Waals surface area contributed by atoms with Gasteiger partial charge in [0.25, 0.3) is 0 Å². The molecule has 16 heavy (non-hydrogen) atoms. The van der Waals surface area contributed by atoms with Gasteiger partial charge in [-0.3, -0.25) is 0 Å². The Kier molecular flexibility index (Phi) is 4.80. The molecule has 96 valence electrons. The number of nitrogens with zero attached hydrogens (tertiary/aromatic N) is 1. The van der Waals surface area contributed by atoms with E-state index in [9.17, 15) is 8.42 Å². The largest absolute Gasteiger partial charge is 0.212 e. The second kappa shape index (κ2) is 5.50. The molecule has 1 aliphatic carbocycles. The first-order valence-electron chi connectivity index (χ1n) is 6.27. The van der Waals surface area contributed by atoms with Crippen LogP contribution in [0.15, 0.2) is 0 Å². The van der Waals surface area contributed by atoms with Crippen molar-refractivity contribution >= 4 is 10.0 Å². The fraction of sp³-hybridized carbons (Fsp3) is 1.00. The molecule has 0 bridgehead atoms. The maximum absolute atomic E-state index is 11.6. The monoisotopic (exact) mass is 247 g/mol. The fourth-order valence-corrected chi connectivity index (χ4v) is 3.74. The molecular formula is C12H25NO2S. The minimum Gasteiger partial charge on any atom is -0.212 e. The van der Waals surface area contributed by atoms with Gasteiger partial charge in [-0.15, -0.1) is 0 Å². The molecule has 4 heteroatoms. The van der Waals surface area contributed by atoms with Gasteiger partial charge in [0.2, 0.25) is 10.0 Å². The molecule has 3 nitrogen and oxygen atoms in total. The summed E-state index contributed by atoms with van der Waals surface area (Å²) in [5.41, 5.74) is 0. The van der Waals surface area contributed by atoms with E-state index in [0.29, 0.717) is 12.5 Å². The zero-order chi connectivity index (χ0) is 12.3. The third-order valence-corrected chi connectivity index (χ3v) is 5.00. The predicted octanol–water partition coefficient (Wildman–Crippen LogP) is 2.48. The summed E-state index contributed by atoms with van der Waals surface area (Å²) in [5, 5.41) is 0. The minimum atomic E-state index is -3.04. The van der Waals surface area contributed by atoms with Gasteiger partial charge in [0.05, 0.1) is 6.26 Å². The van der Waals surface area contributed by atoms with Crippen molar-refractivity contribution in [3.05, 3.63) is 0 Å². The van der Waals surface area contributed by atoms with Crippen molar-refractivity contribution in [2.24, 2.45) is 11.8 Å². The van der Waals surface area contributed by atoms with Gasteiger partial charge in [-0.1, -0.05) is 19.8 Å². The van der Waals surface area contributed by atoms with Crippen LogP contribution in [0.4, 0.5) is 0 Å². The van der Waals surface area contributed by atoms with Crippen LogP contribution in [0.1, 0.15) is 46.5 Å². The predicted molar refractivity (Wildman–Crippen MR) is 67.8 cm³/mol. The zero-order valence-electron chi connectivity index (χ0n) is 10.9. The standard InChI is InChI=1S/C12H25NO2S/c1-10(2)13(16(4,14)15)9-12-7-5-11(3)6-8-12/h10-12H,5-9H2,1-4H3. The van der Waals surface area contributed by atoms with Crippen molar-refractivity contribution in [1.82, 2.24) is 4.31 Å². The molecule has 0 heterocycles. The third-order valence-electron chi connectivity index (χ3n) is 3.58. The second-order valence-electron chi connectivity index (χ2n) is 5.55. The normalized spacial score (nSPS) is 27.6. The Morgan fingerprint density at radius 3 is 2.06 bits per heavy atom. The molecule has 0 radical (unpaired) electrons. The summed E-state index contributed by atoms with van der Waals surface area (Å²) >= 11 is 0. The molecule has 0 unspecified atom stereocenters. The minimum absolute atomic E-state index is 0.0781. The molecule has 1 fully saturated rings. The summed E-state index contributed by atoms with van der Waals surface area (Å²) in [6.07, 6.45) is 6.18. The van der Waals surface area contributed by atoms with Gasteiger partial charge in [0, 0.05) is 12.6 Å². The van der Waals surface area contributed by atoms with Crippen molar-refractivity contribution < 1.29 is 8.42 Å². The Morgan fingerprint density at radius 1 is 1.19 bits per heavy atom. The van der Waals surface area contributed by atoms with Gasteiger partial charge in [-0.25, -0.2) is 8.42 Å². The van der Waals surface area contributed by atoms with Gasteiger partial charge in [-0.2, -0.15) is 4.31 Å². The first kappa shape index (κ1) is 14.0. The lowest BCUT2D eigenvalue weighted by atomic mass is 9.83. The second-order valence-corrected chi connectivity index (χ2v) is 7.49. The van der Waals surface area contributed by atoms with E-state index >= 15 is 0 Å². The van der Waals surface area contributed by atoms with Crippen LogP contribution >= 0.6 is 0 Å². The average molecular weight is 247 g/mol. The highest BCUT2D eigenvalue weighted by atomic mass is 32.2. The molecule has 0 aromatic carbocycles. The maximum atomic E-state index is 11.6. The van der Waals surface area contributed by atoms with E-state index in [-0.39, 0.29) is 6.04 Å². The van der Waals surface area contributed by atoms with Crippen LogP contribution in [0.5, 0.6) is 0 Å². The Morgan fingerprint density at radius 2 is 1.69 bits per heavy atom. The van der Waals surface area contributed by atoms with Crippen LogP contribution in [0.2, 0.25) is 0 Å². The van der Waals surface area contributed by atoms with Crippen LogP contribution in [0.25, 0.3) is 0 Å². The Hall–Kier alpha value is -0.0900. The highest BCUT2D eigenvalue weighted by molar-refractivity contribution is 7.88. The lowest BCUT2D eigenvalue weighted by molar-refractivity contribution is 0.226. The van der Waals surface area contributed by atoms with E-state index < -0.39 is 10.0 Å². The lowest BCUT2D eigenvalue weighted by Gasteiger charge is -2.32. The fourth-order valence-electron chi connectivity index (χ4n) is 2.50. The summed E-state index contributed by atoms with van der Waals surface area (Å²) in [6, 6.07) is 0.0781. The highest BCUT2D eigenvalue weighted by Gasteiger charge is 2.26. The molecule has 0 N–H and O–H groups in total. The summed E-state index contributed by atoms with van der Waals surface area (Å²) in [5.74, 6) is 1.38. The SMILES string of the molecule is CC1CCC(CN(C(C)C)S(C)(=O)=O)CC1. The summed E-state index contributed by atoms with van der Waals surface area (Å²) in [7, 11) is -3.04. The molecule has 0 amide bonds. The van der Waals surface area contributed by atoms with Crippen molar-refractivity contribution in [2.75, 3.05) is 12.8 Å². The van der Waals surface area contributed by atoms with Gasteiger partial charge >= 0.3 is 0 Å². The van der Waals surface area contributed by atoms with Crippen LogP contribution in [0.3, 0.4) is 0 Å². The summed E-state index contributed by atoms with van der Waals surface area (Å²) in [4.78, 5) is 0. The topological polar surface area (TPSA) is 37.4 Å². The maximum Gasteiger partial charge on any atom is 0.211 e. The van der Waals surface area contributed by atoms with Gasteiger partial charge in [0.15, 0.2) is 0 Å². The Labute approximate surface area is 100 Å². The molecule has 0 aromatic rings. The zero-order valence-corrected chi connectivity index (χ0v) is 11.8. The van der Waals surface area contributed by atoms with Gasteiger partial charge in [-0.05, 0) is 38.5 Å². The van der Waals surface area contributed by atoms with E-state index in [1.807, 2.05) is 13.8 Å². The molecule has 0 spiro atoms. The molecule has 0 aromatic heterocycles. The third kappa shape index (κ3) is 4.06. The van der Waals surface area contributed by atoms with E-state index in [0.717, 1.165) is 5.92 Å². The van der Waals surface area contributed by atoms with Crippen molar-refractivity contribution in [2.45, 2.75) is 52.5 Å². The quantitative estimate of drug-likeness (QED) is 0.765. The number of hydrogen-bond donors (Lipinski definition) is 0. The Balaban J connectivity index is 2.56. The van der Waals surface area contributed by atoms with Crippen molar-refractivity contribution in [1.29, 1.82) is 0 Å². The van der Waals surface area contributed by atoms with Crippen molar-refractivity contribution in [3.8, 4) is 0 Å². The summed E-state index contributed by atoms with van der Waals surface area (Å²) in [6.45, 7) is 6.90. The molecular weight excluding hydrogens is 222 g/mol. The van der Waals surface area contributed by atoms with Gasteiger partial charge in [0.1, 0.15) is 0 Å². The smallest absolute Gasteiger partial charge is 0.211 e. The number of sulfonamides is 1. The van der Waals surface area contributed by atoms with Crippen molar-refractivity contribution in [3.63, 3.8) is 0 Å². The molecule has 0 aliphatic heterocycles. The molecule has 0 atom stereocenters. The van der Waals surface area contributed by atoms with E-state index in [1.54, 1.807) is 4.31 Å². The first-order chi connectivity index (χ1) is 7.30. The first-order valence-corrected chi connectivity index (χ1v) is 8.12. The number of rotatable bonds is 4. The lowest BCUT2D eigenvalue weighted by Crippen LogP contribution is -2.40. The molecule has 1 aliphatic rings. The van der Waals surface area contributed by atoms with Crippen LogP contribution in [-0.4, -0.2) is 31.6 Å². The van der Waals surface area contributed by atoms with Crippen LogP contribution < -0.4 is 0 Å². The van der Waals surface area contributed by atoms with E-state index in [2.05, 4.69) is 6.92 Å². The van der Waals surface area contributed by atoms with E-state index in [4.69, 9.17) is 0 Å². The van der Waals surface area contributed by atoms with E-state index in [1.165, 1.54) is 31.9 Å². The Bertz CT molecular complexity index is 303. The van der Waals surface area contributed by atoms with Crippen LogP contribution in [-0.2, 0) is 10.0 Å². The van der Waals surface area contributed by atoms with Gasteiger partial charge < -0.3 is 0 Å². The number of hydrogen-bond acceptors (Lipinski definition) is 2. The molecule has 0 saturated heterocycles. The highest BCUT2D eigenvalue weighted by Crippen LogP contribution is 2.29.